The van der Waals surface area contributed by atoms with Crippen LogP contribution in [-0.2, 0) is 6.54 Å². The minimum absolute atomic E-state index is 0.699. The Morgan fingerprint density at radius 2 is 2.17 bits per heavy atom. The van der Waals surface area contributed by atoms with Crippen molar-refractivity contribution in [3.05, 3.63) is 23.7 Å². The highest BCUT2D eigenvalue weighted by molar-refractivity contribution is 7.98. The van der Waals surface area contributed by atoms with Crippen LogP contribution in [0.4, 0.5) is 0 Å². The fourth-order valence-electron chi connectivity index (χ4n) is 2.29. The van der Waals surface area contributed by atoms with Gasteiger partial charge in [0.2, 0.25) is 0 Å². The fourth-order valence-corrected chi connectivity index (χ4v) is 2.78. The maximum absolute atomic E-state index is 5.86. The lowest BCUT2D eigenvalue weighted by Gasteiger charge is -2.02. The molecule has 102 valence electrons. The first-order valence-corrected chi connectivity index (χ1v) is 8.49. The van der Waals surface area contributed by atoms with Crippen LogP contribution in [0, 0.1) is 5.92 Å². The van der Waals surface area contributed by atoms with E-state index in [0.29, 0.717) is 5.92 Å². The minimum atomic E-state index is 0.699. The smallest absolute Gasteiger partial charge is 0.117 e. The molecular weight excluding hydrogens is 242 g/mol. The maximum Gasteiger partial charge on any atom is 0.117 e. The summed E-state index contributed by atoms with van der Waals surface area (Å²) in [5.74, 6) is 5.10. The van der Waals surface area contributed by atoms with Gasteiger partial charge in [0.15, 0.2) is 0 Å². The molecule has 0 aromatic carbocycles. The second-order valence-electron chi connectivity index (χ2n) is 5.35. The second kappa shape index (κ2) is 7.25. The molecule has 2 atom stereocenters. The number of rotatable bonds is 9. The highest BCUT2D eigenvalue weighted by Crippen LogP contribution is 2.47. The van der Waals surface area contributed by atoms with Crippen molar-refractivity contribution in [2.24, 2.45) is 5.92 Å². The third-order valence-corrected chi connectivity index (χ3v) is 4.36. The number of hydrogen-bond donors (Lipinski definition) is 1. The summed E-state index contributed by atoms with van der Waals surface area (Å²) in [6.07, 6.45) is 7.42. The summed E-state index contributed by atoms with van der Waals surface area (Å²) in [6, 6.07) is 4.28. The summed E-state index contributed by atoms with van der Waals surface area (Å²) in [5.41, 5.74) is 0. The van der Waals surface area contributed by atoms with Gasteiger partial charge >= 0.3 is 0 Å². The lowest BCUT2D eigenvalue weighted by Crippen LogP contribution is -2.14. The number of hydrogen-bond acceptors (Lipinski definition) is 3. The molecule has 1 aliphatic rings. The summed E-state index contributed by atoms with van der Waals surface area (Å²) in [7, 11) is 0. The van der Waals surface area contributed by atoms with Crippen LogP contribution in [0.1, 0.15) is 50.0 Å². The first-order chi connectivity index (χ1) is 8.81. The topological polar surface area (TPSA) is 25.2 Å². The molecule has 0 aliphatic heterocycles. The Labute approximate surface area is 115 Å². The number of thioether (sulfide) groups is 1. The van der Waals surface area contributed by atoms with E-state index < -0.39 is 0 Å². The van der Waals surface area contributed by atoms with Gasteiger partial charge < -0.3 is 9.73 Å². The van der Waals surface area contributed by atoms with Gasteiger partial charge in [0.25, 0.3) is 0 Å². The number of unbranched alkanes of at least 4 members (excludes halogenated alkanes) is 2. The second-order valence-corrected chi connectivity index (χ2v) is 6.34. The van der Waals surface area contributed by atoms with Crippen molar-refractivity contribution < 1.29 is 4.42 Å². The van der Waals surface area contributed by atoms with Crippen LogP contribution in [0.5, 0.6) is 0 Å². The van der Waals surface area contributed by atoms with E-state index in [1.54, 1.807) is 0 Å². The van der Waals surface area contributed by atoms with Gasteiger partial charge in [0.05, 0.1) is 6.54 Å². The molecule has 2 rings (SSSR count). The van der Waals surface area contributed by atoms with Crippen LogP contribution in [-0.4, -0.2) is 18.6 Å². The van der Waals surface area contributed by atoms with Gasteiger partial charge in [-0.1, -0.05) is 13.3 Å². The van der Waals surface area contributed by atoms with Crippen LogP contribution in [0.3, 0.4) is 0 Å². The Hall–Kier alpha value is -0.410. The molecule has 0 spiro atoms. The van der Waals surface area contributed by atoms with E-state index in [-0.39, 0.29) is 0 Å². The summed E-state index contributed by atoms with van der Waals surface area (Å²) in [5, 5.41) is 3.46. The van der Waals surface area contributed by atoms with Crippen molar-refractivity contribution in [1.82, 2.24) is 5.32 Å². The molecule has 1 aromatic rings. The molecule has 0 radical (unpaired) electrons. The van der Waals surface area contributed by atoms with Crippen molar-refractivity contribution in [3.63, 3.8) is 0 Å². The standard InChI is InChI=1S/C15H25NOS/c1-12-10-14(12)15-7-6-13(17-15)11-16-8-4-3-5-9-18-2/h6-7,12,14,16H,3-5,8-11H2,1-2H3. The molecule has 0 bridgehead atoms. The van der Waals surface area contributed by atoms with Crippen molar-refractivity contribution in [2.75, 3.05) is 18.6 Å². The predicted octanol–water partition coefficient (Wildman–Crippen LogP) is 4.03. The molecule has 2 nitrogen and oxygen atoms in total. The summed E-state index contributed by atoms with van der Waals surface area (Å²) >= 11 is 1.94. The number of nitrogens with one attached hydrogen (secondary N) is 1. The van der Waals surface area contributed by atoms with Crippen LogP contribution in [0.25, 0.3) is 0 Å². The van der Waals surface area contributed by atoms with Gasteiger partial charge in [-0.05, 0) is 55.9 Å². The molecule has 1 aliphatic carbocycles. The highest BCUT2D eigenvalue weighted by atomic mass is 32.2. The third-order valence-electron chi connectivity index (χ3n) is 3.66. The zero-order chi connectivity index (χ0) is 12.8. The minimum Gasteiger partial charge on any atom is -0.464 e. The number of furan rings is 1. The van der Waals surface area contributed by atoms with Crippen LogP contribution < -0.4 is 5.32 Å². The molecule has 0 amide bonds. The molecule has 18 heavy (non-hydrogen) atoms. The van der Waals surface area contributed by atoms with E-state index in [9.17, 15) is 0 Å². The van der Waals surface area contributed by atoms with E-state index in [4.69, 9.17) is 4.42 Å². The largest absolute Gasteiger partial charge is 0.464 e. The zero-order valence-corrected chi connectivity index (χ0v) is 12.4. The Morgan fingerprint density at radius 1 is 1.33 bits per heavy atom. The molecule has 1 fully saturated rings. The van der Waals surface area contributed by atoms with Gasteiger partial charge in [-0.15, -0.1) is 0 Å². The third kappa shape index (κ3) is 4.36. The summed E-state index contributed by atoms with van der Waals surface area (Å²) in [6.45, 7) is 4.27. The Bertz CT molecular complexity index is 350. The molecule has 1 saturated carbocycles. The molecule has 3 heteroatoms. The zero-order valence-electron chi connectivity index (χ0n) is 11.6. The quantitative estimate of drug-likeness (QED) is 0.684. The Balaban J connectivity index is 1.55. The average molecular weight is 267 g/mol. The first-order valence-electron chi connectivity index (χ1n) is 7.09. The van der Waals surface area contributed by atoms with Crippen molar-refractivity contribution >= 4 is 11.8 Å². The maximum atomic E-state index is 5.86. The Morgan fingerprint density at radius 3 is 2.89 bits per heavy atom. The van der Waals surface area contributed by atoms with E-state index >= 15 is 0 Å². The first kappa shape index (κ1) is 14.0. The van der Waals surface area contributed by atoms with Gasteiger partial charge in [-0.2, -0.15) is 11.8 Å². The van der Waals surface area contributed by atoms with Crippen LogP contribution in [0.2, 0.25) is 0 Å². The lowest BCUT2D eigenvalue weighted by molar-refractivity contribution is 0.442. The molecular formula is C15H25NOS. The molecule has 1 N–H and O–H groups in total. The Kier molecular flexibility index (Phi) is 5.64. The van der Waals surface area contributed by atoms with Crippen molar-refractivity contribution in [3.8, 4) is 0 Å². The lowest BCUT2D eigenvalue weighted by atomic mass is 10.2. The monoisotopic (exact) mass is 267 g/mol. The van der Waals surface area contributed by atoms with Gasteiger partial charge in [-0.3, -0.25) is 0 Å². The average Bonchev–Trinajstić information content (AvgIpc) is 2.91. The van der Waals surface area contributed by atoms with Gasteiger partial charge in [0, 0.05) is 5.92 Å². The van der Waals surface area contributed by atoms with Crippen LogP contribution in [0.15, 0.2) is 16.5 Å². The molecule has 0 saturated heterocycles. The van der Waals surface area contributed by atoms with Gasteiger partial charge in [-0.25, -0.2) is 0 Å². The van der Waals surface area contributed by atoms with E-state index in [1.165, 1.54) is 37.2 Å². The summed E-state index contributed by atoms with van der Waals surface area (Å²) < 4.78 is 5.86. The SMILES string of the molecule is CSCCCCCNCc1ccc(C2CC2C)o1. The fraction of sp³-hybridized carbons (Fsp3) is 0.733. The van der Waals surface area contributed by atoms with Gasteiger partial charge in [0.1, 0.15) is 11.5 Å². The van der Waals surface area contributed by atoms with E-state index in [2.05, 4.69) is 30.6 Å². The van der Waals surface area contributed by atoms with E-state index in [1.807, 2.05) is 11.8 Å². The molecule has 2 unspecified atom stereocenters. The highest BCUT2D eigenvalue weighted by Gasteiger charge is 2.36. The van der Waals surface area contributed by atoms with Crippen molar-refractivity contribution in [2.45, 2.75) is 45.1 Å². The van der Waals surface area contributed by atoms with Crippen LogP contribution >= 0.6 is 11.8 Å². The normalized spacial score (nSPS) is 22.3. The van der Waals surface area contributed by atoms with E-state index in [0.717, 1.165) is 24.8 Å². The molecule has 1 heterocycles. The summed E-state index contributed by atoms with van der Waals surface area (Å²) in [4.78, 5) is 0. The predicted molar refractivity (Wildman–Crippen MR) is 79.2 cm³/mol. The van der Waals surface area contributed by atoms with Crippen molar-refractivity contribution in [1.29, 1.82) is 0 Å². The molecule has 1 aromatic heterocycles.